The fourth-order valence-corrected chi connectivity index (χ4v) is 1.64. The first-order valence-corrected chi connectivity index (χ1v) is 6.90. The Hall–Kier alpha value is -1.86. The summed E-state index contributed by atoms with van der Waals surface area (Å²) in [5, 5.41) is 8.51. The minimum atomic E-state index is -1.05. The number of halogens is 1. The van der Waals surface area contributed by atoms with Crippen LogP contribution in [0.4, 0.5) is 9.18 Å². The highest BCUT2D eigenvalue weighted by Crippen LogP contribution is 2.34. The average molecular weight is 316 g/mol. The largest absolute Gasteiger partial charge is 0.514 e. The zero-order chi connectivity index (χ0) is 16.5. The lowest BCUT2D eigenvalue weighted by Gasteiger charge is -2.13. The molecular formula is C15H21FO6. The molecule has 0 bridgehead atoms. The Morgan fingerprint density at radius 2 is 2.00 bits per heavy atom. The highest BCUT2D eigenvalue weighted by Gasteiger charge is 2.18. The maximum absolute atomic E-state index is 14.0. The number of rotatable bonds is 8. The van der Waals surface area contributed by atoms with Crippen LogP contribution in [0.1, 0.15) is 25.3 Å². The van der Waals surface area contributed by atoms with Gasteiger partial charge in [0.1, 0.15) is 6.61 Å². The molecule has 1 aromatic carbocycles. The normalized spacial score (nSPS) is 10.6. The second-order valence-corrected chi connectivity index (χ2v) is 4.73. The van der Waals surface area contributed by atoms with E-state index < -0.39 is 12.0 Å². The van der Waals surface area contributed by atoms with Gasteiger partial charge in [-0.15, -0.1) is 0 Å². The molecule has 0 unspecified atom stereocenters. The van der Waals surface area contributed by atoms with Crippen LogP contribution in [0.2, 0.25) is 0 Å². The number of methoxy groups -OCH3 is 1. The van der Waals surface area contributed by atoms with Crippen LogP contribution in [-0.2, 0) is 9.47 Å². The number of aliphatic hydroxyl groups excluding tert-OH is 1. The van der Waals surface area contributed by atoms with E-state index in [-0.39, 0.29) is 43.8 Å². The van der Waals surface area contributed by atoms with Gasteiger partial charge >= 0.3 is 6.16 Å². The van der Waals surface area contributed by atoms with E-state index in [0.29, 0.717) is 0 Å². The van der Waals surface area contributed by atoms with Crippen molar-refractivity contribution in [2.24, 2.45) is 0 Å². The van der Waals surface area contributed by atoms with Gasteiger partial charge in [-0.2, -0.15) is 0 Å². The summed E-state index contributed by atoms with van der Waals surface area (Å²) in [5.41, 5.74) is 0.729. The maximum atomic E-state index is 14.0. The van der Waals surface area contributed by atoms with Gasteiger partial charge in [-0.05, 0) is 23.6 Å². The Bertz CT molecular complexity index is 489. The van der Waals surface area contributed by atoms with E-state index in [1.807, 2.05) is 13.8 Å². The van der Waals surface area contributed by atoms with Crippen molar-refractivity contribution >= 4 is 6.16 Å². The minimum Gasteiger partial charge on any atom is -0.493 e. The Morgan fingerprint density at radius 3 is 2.59 bits per heavy atom. The molecule has 0 atom stereocenters. The molecule has 0 fully saturated rings. The Labute approximate surface area is 128 Å². The predicted molar refractivity (Wildman–Crippen MR) is 76.9 cm³/mol. The van der Waals surface area contributed by atoms with Crippen LogP contribution in [-0.4, -0.2) is 44.8 Å². The van der Waals surface area contributed by atoms with E-state index in [2.05, 4.69) is 0 Å². The molecule has 7 heteroatoms. The highest BCUT2D eigenvalue weighted by molar-refractivity contribution is 5.65. The van der Waals surface area contributed by atoms with E-state index in [4.69, 9.17) is 24.1 Å². The zero-order valence-electron chi connectivity index (χ0n) is 12.9. The van der Waals surface area contributed by atoms with Crippen LogP contribution in [0.3, 0.4) is 0 Å². The monoisotopic (exact) mass is 316 g/mol. The van der Waals surface area contributed by atoms with Crippen molar-refractivity contribution < 1.29 is 33.2 Å². The maximum Gasteiger partial charge on any atom is 0.514 e. The van der Waals surface area contributed by atoms with Crippen molar-refractivity contribution in [3.8, 4) is 11.5 Å². The van der Waals surface area contributed by atoms with Gasteiger partial charge in [0.15, 0.2) is 11.6 Å². The third-order valence-electron chi connectivity index (χ3n) is 2.79. The zero-order valence-corrected chi connectivity index (χ0v) is 12.9. The minimum absolute atomic E-state index is 0.0627. The molecule has 22 heavy (non-hydrogen) atoms. The highest BCUT2D eigenvalue weighted by atomic mass is 19.1. The van der Waals surface area contributed by atoms with Gasteiger partial charge in [0, 0.05) is 0 Å². The summed E-state index contributed by atoms with van der Waals surface area (Å²) < 4.78 is 33.6. The molecule has 0 saturated heterocycles. The number of benzene rings is 1. The summed E-state index contributed by atoms with van der Waals surface area (Å²) in [7, 11) is 1.36. The Balaban J connectivity index is 2.66. The van der Waals surface area contributed by atoms with Crippen LogP contribution in [0.15, 0.2) is 12.1 Å². The summed E-state index contributed by atoms with van der Waals surface area (Å²) in [6.07, 6.45) is -1.05. The van der Waals surface area contributed by atoms with E-state index in [9.17, 15) is 9.18 Å². The van der Waals surface area contributed by atoms with E-state index in [0.717, 1.165) is 5.56 Å². The summed E-state index contributed by atoms with van der Waals surface area (Å²) in [5.74, 6) is -0.782. The van der Waals surface area contributed by atoms with Crippen molar-refractivity contribution in [2.45, 2.75) is 19.8 Å². The first kappa shape index (κ1) is 18.2. The third kappa shape index (κ3) is 5.50. The quantitative estimate of drug-likeness (QED) is 0.451. The van der Waals surface area contributed by atoms with E-state index >= 15 is 0 Å². The van der Waals surface area contributed by atoms with Gasteiger partial charge in [-0.1, -0.05) is 13.8 Å². The van der Waals surface area contributed by atoms with Crippen LogP contribution in [0.5, 0.6) is 11.5 Å². The smallest absolute Gasteiger partial charge is 0.493 e. The number of hydrogen-bond donors (Lipinski definition) is 1. The van der Waals surface area contributed by atoms with Crippen LogP contribution < -0.4 is 9.47 Å². The molecule has 6 nitrogen and oxygen atoms in total. The molecule has 0 aromatic heterocycles. The van der Waals surface area contributed by atoms with Gasteiger partial charge in [0.2, 0.25) is 5.75 Å². The molecule has 0 amide bonds. The van der Waals surface area contributed by atoms with Crippen molar-refractivity contribution in [1.29, 1.82) is 0 Å². The summed E-state index contributed by atoms with van der Waals surface area (Å²) in [6.45, 7) is 3.91. The number of hydrogen-bond acceptors (Lipinski definition) is 6. The lowest BCUT2D eigenvalue weighted by atomic mass is 10.0. The molecule has 1 N–H and O–H groups in total. The van der Waals surface area contributed by atoms with Crippen molar-refractivity contribution in [1.82, 2.24) is 0 Å². The summed E-state index contributed by atoms with van der Waals surface area (Å²) in [4.78, 5) is 11.5. The number of carbonyl (C=O) groups is 1. The molecule has 0 spiro atoms. The molecule has 1 aromatic rings. The van der Waals surface area contributed by atoms with Gasteiger partial charge in [-0.25, -0.2) is 9.18 Å². The Morgan fingerprint density at radius 1 is 1.27 bits per heavy atom. The second-order valence-electron chi connectivity index (χ2n) is 4.73. The summed E-state index contributed by atoms with van der Waals surface area (Å²) >= 11 is 0. The second kappa shape index (κ2) is 9.22. The summed E-state index contributed by atoms with van der Waals surface area (Å²) in [6, 6.07) is 2.90. The molecule has 0 heterocycles. The molecule has 0 aliphatic rings. The molecule has 0 saturated carbocycles. The molecule has 1 rings (SSSR count). The van der Waals surface area contributed by atoms with Gasteiger partial charge < -0.3 is 24.1 Å². The molecular weight excluding hydrogens is 295 g/mol. The van der Waals surface area contributed by atoms with Gasteiger partial charge in [-0.3, -0.25) is 0 Å². The predicted octanol–water partition coefficient (Wildman–Crippen LogP) is 2.48. The molecule has 124 valence electrons. The van der Waals surface area contributed by atoms with E-state index in [1.165, 1.54) is 13.2 Å². The number of ether oxygens (including phenoxy) is 4. The third-order valence-corrected chi connectivity index (χ3v) is 2.79. The lowest BCUT2D eigenvalue weighted by molar-refractivity contribution is 0.0386. The van der Waals surface area contributed by atoms with Gasteiger partial charge in [0.25, 0.3) is 0 Å². The average Bonchev–Trinajstić information content (AvgIpc) is 2.48. The van der Waals surface area contributed by atoms with E-state index in [1.54, 1.807) is 6.07 Å². The number of carbonyl (C=O) groups excluding carboxylic acids is 1. The first-order chi connectivity index (χ1) is 10.5. The topological polar surface area (TPSA) is 74.2 Å². The molecule has 0 radical (unpaired) electrons. The Kier molecular flexibility index (Phi) is 7.62. The van der Waals surface area contributed by atoms with Crippen LogP contribution >= 0.6 is 0 Å². The first-order valence-electron chi connectivity index (χ1n) is 6.90. The lowest BCUT2D eigenvalue weighted by Crippen LogP contribution is -2.16. The van der Waals surface area contributed by atoms with Crippen molar-refractivity contribution in [2.75, 3.05) is 33.5 Å². The van der Waals surface area contributed by atoms with Crippen molar-refractivity contribution in [3.05, 3.63) is 23.5 Å². The standard InChI is InChI=1S/C15H21FO6/c1-10(2)11-8-12(16)14(13(9-11)19-3)22-15(18)21-7-6-20-5-4-17/h8-10,17H,4-7H2,1-3H3. The SMILES string of the molecule is COc1cc(C(C)C)cc(F)c1OC(=O)OCCOCCO. The fraction of sp³-hybridized carbons (Fsp3) is 0.533. The molecule has 0 aliphatic heterocycles. The number of aliphatic hydroxyl groups is 1. The fourth-order valence-electron chi connectivity index (χ4n) is 1.64. The van der Waals surface area contributed by atoms with Crippen LogP contribution in [0.25, 0.3) is 0 Å². The van der Waals surface area contributed by atoms with Gasteiger partial charge in [0.05, 0.1) is 26.9 Å². The van der Waals surface area contributed by atoms with Crippen LogP contribution in [0, 0.1) is 5.82 Å². The van der Waals surface area contributed by atoms with Crippen molar-refractivity contribution in [3.63, 3.8) is 0 Å². The molecule has 0 aliphatic carbocycles.